The van der Waals surface area contributed by atoms with E-state index >= 15 is 0 Å². The molecular formula is C16H22O2. The fraction of sp³-hybridized carbons (Fsp3) is 0.438. The van der Waals surface area contributed by atoms with Gasteiger partial charge in [0.1, 0.15) is 6.61 Å². The second-order valence-electron chi connectivity index (χ2n) is 4.44. The van der Waals surface area contributed by atoms with Crippen LogP contribution in [0.25, 0.3) is 0 Å². The van der Waals surface area contributed by atoms with Crippen LogP contribution in [-0.2, 0) is 16.1 Å². The van der Waals surface area contributed by atoms with E-state index in [1.54, 1.807) is 0 Å². The Kier molecular flexibility index (Phi) is 6.85. The smallest absolute Gasteiger partial charge is 0.333 e. The Morgan fingerprint density at radius 1 is 1.22 bits per heavy atom. The van der Waals surface area contributed by atoms with Crippen molar-refractivity contribution < 1.29 is 9.53 Å². The molecule has 0 saturated carbocycles. The van der Waals surface area contributed by atoms with Gasteiger partial charge in [0.25, 0.3) is 0 Å². The van der Waals surface area contributed by atoms with Crippen LogP contribution in [0.5, 0.6) is 0 Å². The van der Waals surface area contributed by atoms with Gasteiger partial charge in [-0.2, -0.15) is 0 Å². The Morgan fingerprint density at radius 3 is 2.61 bits per heavy atom. The summed E-state index contributed by atoms with van der Waals surface area (Å²) < 4.78 is 5.24. The molecule has 2 nitrogen and oxygen atoms in total. The number of esters is 1. The molecule has 0 aromatic heterocycles. The summed E-state index contributed by atoms with van der Waals surface area (Å²) >= 11 is 0. The van der Waals surface area contributed by atoms with Gasteiger partial charge in [0.2, 0.25) is 0 Å². The van der Waals surface area contributed by atoms with E-state index in [-0.39, 0.29) is 5.97 Å². The molecule has 0 radical (unpaired) electrons. The molecule has 1 rings (SSSR count). The van der Waals surface area contributed by atoms with Gasteiger partial charge in [-0.25, -0.2) is 4.79 Å². The molecule has 0 N–H and O–H groups in total. The van der Waals surface area contributed by atoms with Gasteiger partial charge in [0.15, 0.2) is 0 Å². The highest BCUT2D eigenvalue weighted by molar-refractivity contribution is 5.87. The first-order chi connectivity index (χ1) is 8.74. The van der Waals surface area contributed by atoms with Gasteiger partial charge in [-0.3, -0.25) is 0 Å². The molecule has 0 heterocycles. The lowest BCUT2D eigenvalue weighted by Gasteiger charge is -2.05. The highest BCUT2D eigenvalue weighted by Gasteiger charge is 2.05. The van der Waals surface area contributed by atoms with Gasteiger partial charge in [0.05, 0.1) is 0 Å². The number of allylic oxidation sites excluding steroid dienone is 1. The normalized spacial score (nSPS) is 11.3. The monoisotopic (exact) mass is 246 g/mol. The lowest BCUT2D eigenvalue weighted by molar-refractivity contribution is -0.140. The molecule has 0 spiro atoms. The molecule has 0 aliphatic rings. The summed E-state index contributed by atoms with van der Waals surface area (Å²) in [5, 5.41) is 0. The number of benzene rings is 1. The maximum Gasteiger partial charge on any atom is 0.333 e. The standard InChI is InChI=1S/C16H22O2/c1-3-4-5-7-10-14(2)16(17)18-13-15-11-8-6-9-12-15/h6,8-12H,3-5,7,13H2,1-2H3. The minimum absolute atomic E-state index is 0.213. The van der Waals surface area contributed by atoms with Crippen molar-refractivity contribution in [3.63, 3.8) is 0 Å². The average molecular weight is 246 g/mol. The van der Waals surface area contributed by atoms with Crippen LogP contribution in [-0.4, -0.2) is 5.97 Å². The fourth-order valence-corrected chi connectivity index (χ4v) is 1.63. The highest BCUT2D eigenvalue weighted by atomic mass is 16.5. The fourth-order valence-electron chi connectivity index (χ4n) is 1.63. The number of ether oxygens (including phenoxy) is 1. The first kappa shape index (κ1) is 14.5. The zero-order chi connectivity index (χ0) is 13.2. The third-order valence-corrected chi connectivity index (χ3v) is 2.79. The SMILES string of the molecule is CCCCCC=C(C)C(=O)OCc1ccccc1. The molecule has 0 atom stereocenters. The van der Waals surface area contributed by atoms with Gasteiger partial charge in [0, 0.05) is 5.57 Å². The van der Waals surface area contributed by atoms with Crippen molar-refractivity contribution in [3.8, 4) is 0 Å². The molecule has 1 aromatic carbocycles. The number of carbonyl (C=O) groups is 1. The quantitative estimate of drug-likeness (QED) is 0.408. The molecule has 18 heavy (non-hydrogen) atoms. The third-order valence-electron chi connectivity index (χ3n) is 2.79. The Hall–Kier alpha value is -1.57. The Labute approximate surface area is 110 Å². The summed E-state index contributed by atoms with van der Waals surface area (Å²) in [6.07, 6.45) is 6.48. The Morgan fingerprint density at radius 2 is 1.94 bits per heavy atom. The maximum absolute atomic E-state index is 11.7. The number of unbranched alkanes of at least 4 members (excludes halogenated alkanes) is 3. The molecule has 0 amide bonds. The van der Waals surface area contributed by atoms with Crippen molar-refractivity contribution >= 4 is 5.97 Å². The number of rotatable bonds is 7. The lowest BCUT2D eigenvalue weighted by Crippen LogP contribution is -2.05. The van der Waals surface area contributed by atoms with E-state index in [0.29, 0.717) is 12.2 Å². The van der Waals surface area contributed by atoms with Crippen molar-refractivity contribution in [3.05, 3.63) is 47.5 Å². The summed E-state index contributed by atoms with van der Waals surface area (Å²) in [4.78, 5) is 11.7. The molecule has 0 aliphatic carbocycles. The topological polar surface area (TPSA) is 26.3 Å². The molecule has 0 fully saturated rings. The van der Waals surface area contributed by atoms with Crippen LogP contribution >= 0.6 is 0 Å². The second kappa shape index (κ2) is 8.51. The first-order valence-electron chi connectivity index (χ1n) is 6.62. The minimum atomic E-state index is -0.213. The van der Waals surface area contributed by atoms with Gasteiger partial charge in [-0.1, -0.05) is 56.2 Å². The van der Waals surface area contributed by atoms with Crippen LogP contribution in [0.4, 0.5) is 0 Å². The molecule has 0 bridgehead atoms. The van der Waals surface area contributed by atoms with Crippen molar-refractivity contribution in [2.75, 3.05) is 0 Å². The van der Waals surface area contributed by atoms with Crippen LogP contribution in [0.1, 0.15) is 45.1 Å². The van der Waals surface area contributed by atoms with Gasteiger partial charge in [-0.05, 0) is 25.3 Å². The highest BCUT2D eigenvalue weighted by Crippen LogP contribution is 2.07. The number of hydrogen-bond acceptors (Lipinski definition) is 2. The average Bonchev–Trinajstić information content (AvgIpc) is 2.42. The largest absolute Gasteiger partial charge is 0.457 e. The first-order valence-corrected chi connectivity index (χ1v) is 6.62. The predicted octanol–water partition coefficient (Wildman–Crippen LogP) is 4.26. The molecule has 2 heteroatoms. The van der Waals surface area contributed by atoms with Crippen molar-refractivity contribution in [2.45, 2.75) is 46.1 Å². The van der Waals surface area contributed by atoms with Crippen LogP contribution in [0.2, 0.25) is 0 Å². The van der Waals surface area contributed by atoms with Gasteiger partial charge in [-0.15, -0.1) is 0 Å². The minimum Gasteiger partial charge on any atom is -0.457 e. The molecule has 1 aromatic rings. The van der Waals surface area contributed by atoms with Crippen LogP contribution in [0.15, 0.2) is 42.0 Å². The van der Waals surface area contributed by atoms with E-state index in [4.69, 9.17) is 4.74 Å². The molecule has 0 saturated heterocycles. The summed E-state index contributed by atoms with van der Waals surface area (Å²) in [6, 6.07) is 9.73. The Balaban J connectivity index is 2.31. The van der Waals surface area contributed by atoms with E-state index in [0.717, 1.165) is 18.4 Å². The van der Waals surface area contributed by atoms with Crippen LogP contribution < -0.4 is 0 Å². The van der Waals surface area contributed by atoms with E-state index in [2.05, 4.69) is 6.92 Å². The number of carbonyl (C=O) groups excluding carboxylic acids is 1. The van der Waals surface area contributed by atoms with Crippen LogP contribution in [0, 0.1) is 0 Å². The van der Waals surface area contributed by atoms with E-state index in [1.165, 1.54) is 12.8 Å². The molecule has 0 aliphatic heterocycles. The van der Waals surface area contributed by atoms with E-state index < -0.39 is 0 Å². The van der Waals surface area contributed by atoms with E-state index in [9.17, 15) is 4.79 Å². The maximum atomic E-state index is 11.7. The van der Waals surface area contributed by atoms with Crippen molar-refractivity contribution in [2.24, 2.45) is 0 Å². The molecule has 98 valence electrons. The lowest BCUT2D eigenvalue weighted by atomic mass is 10.1. The van der Waals surface area contributed by atoms with Crippen molar-refractivity contribution in [1.82, 2.24) is 0 Å². The Bertz CT molecular complexity index is 379. The summed E-state index contributed by atoms with van der Waals surface area (Å²) in [5.41, 5.74) is 1.73. The van der Waals surface area contributed by atoms with Crippen LogP contribution in [0.3, 0.4) is 0 Å². The van der Waals surface area contributed by atoms with E-state index in [1.807, 2.05) is 43.3 Å². The number of hydrogen-bond donors (Lipinski definition) is 0. The zero-order valence-corrected chi connectivity index (χ0v) is 11.3. The second-order valence-corrected chi connectivity index (χ2v) is 4.44. The predicted molar refractivity (Wildman–Crippen MR) is 74.1 cm³/mol. The summed E-state index contributed by atoms with van der Waals surface area (Å²) in [5.74, 6) is -0.213. The van der Waals surface area contributed by atoms with Gasteiger partial charge < -0.3 is 4.74 Å². The summed E-state index contributed by atoms with van der Waals surface area (Å²) in [7, 11) is 0. The third kappa shape index (κ3) is 5.67. The zero-order valence-electron chi connectivity index (χ0n) is 11.3. The summed E-state index contributed by atoms with van der Waals surface area (Å²) in [6.45, 7) is 4.34. The van der Waals surface area contributed by atoms with Gasteiger partial charge >= 0.3 is 5.97 Å². The van der Waals surface area contributed by atoms with Crippen molar-refractivity contribution in [1.29, 1.82) is 0 Å². The molecular weight excluding hydrogens is 224 g/mol. The molecule has 0 unspecified atom stereocenters.